The highest BCUT2D eigenvalue weighted by molar-refractivity contribution is 8.14. The molecule has 1 aliphatic heterocycles. The maximum absolute atomic E-state index is 9.34. The number of anilines is 1. The molecule has 0 atom stereocenters. The van der Waals surface area contributed by atoms with Crippen molar-refractivity contribution in [1.82, 2.24) is 0 Å². The highest BCUT2D eigenvalue weighted by Crippen LogP contribution is 2.30. The Balaban J connectivity index is 2.24. The average Bonchev–Trinajstić information content (AvgIpc) is 2.78. The SMILES string of the molecule is Cc1cc(C)c(NC2=NC(CO)(CO)CS2)c(C)c1. The molecule has 5 heteroatoms. The number of hydrogen-bond donors (Lipinski definition) is 3. The Bertz CT molecular complexity index is 487. The number of amidine groups is 1. The van der Waals surface area contributed by atoms with E-state index in [1.54, 1.807) is 0 Å². The van der Waals surface area contributed by atoms with Gasteiger partial charge in [-0.15, -0.1) is 0 Å². The fourth-order valence-electron chi connectivity index (χ4n) is 2.24. The van der Waals surface area contributed by atoms with Gasteiger partial charge in [-0.05, 0) is 31.9 Å². The lowest BCUT2D eigenvalue weighted by Crippen LogP contribution is -2.36. The van der Waals surface area contributed by atoms with Crippen molar-refractivity contribution in [3.05, 3.63) is 28.8 Å². The highest BCUT2D eigenvalue weighted by Gasteiger charge is 2.34. The zero-order chi connectivity index (χ0) is 14.0. The molecule has 0 aromatic heterocycles. The van der Waals surface area contributed by atoms with Gasteiger partial charge in [0.2, 0.25) is 0 Å². The third-order valence-corrected chi connectivity index (χ3v) is 4.46. The number of aryl methyl sites for hydroxylation is 3. The third kappa shape index (κ3) is 2.94. The van der Waals surface area contributed by atoms with Crippen LogP contribution in [0.15, 0.2) is 17.1 Å². The van der Waals surface area contributed by atoms with Gasteiger partial charge in [0.25, 0.3) is 0 Å². The molecule has 3 N–H and O–H groups in total. The van der Waals surface area contributed by atoms with Gasteiger partial charge in [0.05, 0.1) is 13.2 Å². The van der Waals surface area contributed by atoms with Gasteiger partial charge in [-0.1, -0.05) is 29.5 Å². The molecule has 1 aliphatic rings. The number of nitrogens with one attached hydrogen (secondary N) is 1. The van der Waals surface area contributed by atoms with E-state index in [4.69, 9.17) is 0 Å². The van der Waals surface area contributed by atoms with Gasteiger partial charge < -0.3 is 15.5 Å². The van der Waals surface area contributed by atoms with Gasteiger partial charge >= 0.3 is 0 Å². The summed E-state index contributed by atoms with van der Waals surface area (Å²) in [6, 6.07) is 4.25. The molecule has 0 spiro atoms. The summed E-state index contributed by atoms with van der Waals surface area (Å²) in [5.41, 5.74) is 3.90. The minimum absolute atomic E-state index is 0.131. The van der Waals surface area contributed by atoms with Crippen molar-refractivity contribution >= 4 is 22.6 Å². The minimum atomic E-state index is -0.737. The van der Waals surface area contributed by atoms with E-state index < -0.39 is 5.54 Å². The van der Waals surface area contributed by atoms with Crippen LogP contribution in [0.1, 0.15) is 16.7 Å². The maximum atomic E-state index is 9.34. The van der Waals surface area contributed by atoms with Crippen LogP contribution in [0.25, 0.3) is 0 Å². The van der Waals surface area contributed by atoms with Crippen molar-refractivity contribution in [2.24, 2.45) is 4.99 Å². The number of nitrogens with zero attached hydrogens (tertiary/aromatic N) is 1. The van der Waals surface area contributed by atoms with Crippen LogP contribution in [0.3, 0.4) is 0 Å². The highest BCUT2D eigenvalue weighted by atomic mass is 32.2. The molecule has 0 amide bonds. The summed E-state index contributed by atoms with van der Waals surface area (Å²) in [5.74, 6) is 0.603. The van der Waals surface area contributed by atoms with Crippen LogP contribution in [0.2, 0.25) is 0 Å². The Labute approximate surface area is 118 Å². The van der Waals surface area contributed by atoms with Crippen LogP contribution in [-0.4, -0.2) is 39.9 Å². The van der Waals surface area contributed by atoms with Crippen LogP contribution < -0.4 is 5.32 Å². The van der Waals surface area contributed by atoms with Gasteiger partial charge in [0, 0.05) is 11.4 Å². The molecule has 1 aromatic rings. The molecule has 0 bridgehead atoms. The van der Waals surface area contributed by atoms with Gasteiger partial charge in [-0.2, -0.15) is 0 Å². The Kier molecular flexibility index (Phi) is 4.18. The Morgan fingerprint density at radius 3 is 2.26 bits per heavy atom. The predicted molar refractivity (Wildman–Crippen MR) is 81.1 cm³/mol. The number of aliphatic hydroxyl groups excluding tert-OH is 2. The molecule has 4 nitrogen and oxygen atoms in total. The second-order valence-corrected chi connectivity index (χ2v) is 6.11. The van der Waals surface area contributed by atoms with Crippen molar-refractivity contribution in [2.75, 3.05) is 24.3 Å². The van der Waals surface area contributed by atoms with Gasteiger partial charge in [-0.3, -0.25) is 0 Å². The van der Waals surface area contributed by atoms with Crippen molar-refractivity contribution in [2.45, 2.75) is 26.3 Å². The lowest BCUT2D eigenvalue weighted by molar-refractivity contribution is 0.140. The number of aliphatic imine (C=N–C) groups is 1. The molecule has 19 heavy (non-hydrogen) atoms. The summed E-state index contributed by atoms with van der Waals surface area (Å²) in [5, 5.41) is 22.8. The average molecular weight is 280 g/mol. The predicted octanol–water partition coefficient (Wildman–Crippen LogP) is 1.85. The zero-order valence-electron chi connectivity index (χ0n) is 11.5. The quantitative estimate of drug-likeness (QED) is 0.790. The molecule has 0 unspecified atom stereocenters. The fourth-order valence-corrected chi connectivity index (χ4v) is 3.33. The first-order chi connectivity index (χ1) is 8.99. The summed E-state index contributed by atoms with van der Waals surface area (Å²) in [4.78, 5) is 4.42. The van der Waals surface area contributed by atoms with Crippen LogP contribution >= 0.6 is 11.8 Å². The number of rotatable bonds is 3. The number of thioether (sulfide) groups is 1. The Hall–Kier alpha value is -1.04. The monoisotopic (exact) mass is 280 g/mol. The molecule has 0 saturated carbocycles. The van der Waals surface area contributed by atoms with E-state index in [0.717, 1.165) is 10.9 Å². The van der Waals surface area contributed by atoms with Gasteiger partial charge in [0.15, 0.2) is 5.17 Å². The molecule has 0 fully saturated rings. The molecule has 2 rings (SSSR count). The van der Waals surface area contributed by atoms with E-state index >= 15 is 0 Å². The van der Waals surface area contributed by atoms with E-state index in [0.29, 0.717) is 5.75 Å². The molecule has 0 saturated heterocycles. The lowest BCUT2D eigenvalue weighted by atomic mass is 10.1. The smallest absolute Gasteiger partial charge is 0.161 e. The maximum Gasteiger partial charge on any atom is 0.161 e. The second-order valence-electron chi connectivity index (χ2n) is 5.14. The van der Waals surface area contributed by atoms with Crippen molar-refractivity contribution in [3.8, 4) is 0 Å². The van der Waals surface area contributed by atoms with Crippen molar-refractivity contribution in [1.29, 1.82) is 0 Å². The standard InChI is InChI=1S/C14H20N2O2S/c1-9-4-10(2)12(11(3)5-9)15-13-16-14(6-17,7-18)8-19-13/h4-5,17-18H,6-8H2,1-3H3,(H,15,16). The van der Waals surface area contributed by atoms with Gasteiger partial charge in [0.1, 0.15) is 5.54 Å². The van der Waals surface area contributed by atoms with Gasteiger partial charge in [-0.25, -0.2) is 4.99 Å². The molecule has 0 radical (unpaired) electrons. The van der Waals surface area contributed by atoms with Crippen LogP contribution in [0.4, 0.5) is 5.69 Å². The van der Waals surface area contributed by atoms with Crippen LogP contribution in [0, 0.1) is 20.8 Å². The van der Waals surface area contributed by atoms with E-state index in [1.807, 2.05) is 0 Å². The Morgan fingerprint density at radius 1 is 1.21 bits per heavy atom. The molecule has 1 heterocycles. The van der Waals surface area contributed by atoms with Crippen molar-refractivity contribution in [3.63, 3.8) is 0 Å². The number of aliphatic hydroxyl groups is 2. The summed E-state index contributed by atoms with van der Waals surface area (Å²) in [6.45, 7) is 5.94. The second kappa shape index (κ2) is 5.53. The summed E-state index contributed by atoms with van der Waals surface area (Å²) >= 11 is 1.53. The Morgan fingerprint density at radius 2 is 1.79 bits per heavy atom. The van der Waals surface area contributed by atoms with Crippen LogP contribution in [-0.2, 0) is 0 Å². The zero-order valence-corrected chi connectivity index (χ0v) is 12.3. The third-order valence-electron chi connectivity index (χ3n) is 3.31. The minimum Gasteiger partial charge on any atom is -0.394 e. The summed E-state index contributed by atoms with van der Waals surface area (Å²) in [6.07, 6.45) is 0. The molecule has 1 aromatic carbocycles. The first-order valence-electron chi connectivity index (χ1n) is 6.29. The summed E-state index contributed by atoms with van der Waals surface area (Å²) < 4.78 is 0. The molecule has 104 valence electrons. The number of benzene rings is 1. The lowest BCUT2D eigenvalue weighted by Gasteiger charge is -2.18. The summed E-state index contributed by atoms with van der Waals surface area (Å²) in [7, 11) is 0. The number of hydrogen-bond acceptors (Lipinski definition) is 5. The molecular weight excluding hydrogens is 260 g/mol. The normalized spacial score (nSPS) is 17.4. The molecule has 0 aliphatic carbocycles. The molecular formula is C14H20N2O2S. The topological polar surface area (TPSA) is 64.9 Å². The van der Waals surface area contributed by atoms with Crippen LogP contribution in [0.5, 0.6) is 0 Å². The van der Waals surface area contributed by atoms with E-state index in [-0.39, 0.29) is 13.2 Å². The first-order valence-corrected chi connectivity index (χ1v) is 7.27. The van der Waals surface area contributed by atoms with Crippen molar-refractivity contribution < 1.29 is 10.2 Å². The van der Waals surface area contributed by atoms with E-state index in [2.05, 4.69) is 43.2 Å². The van der Waals surface area contributed by atoms with E-state index in [1.165, 1.54) is 28.5 Å². The largest absolute Gasteiger partial charge is 0.394 e. The first kappa shape index (κ1) is 14.4. The fraction of sp³-hybridized carbons (Fsp3) is 0.500. The van der Waals surface area contributed by atoms with E-state index in [9.17, 15) is 10.2 Å².